The molecule has 0 aliphatic rings. The topological polar surface area (TPSA) is 134 Å². The van der Waals surface area contributed by atoms with Crippen LogP contribution in [-0.2, 0) is 9.59 Å². The van der Waals surface area contributed by atoms with E-state index in [-0.39, 0.29) is 12.2 Å². The number of benzene rings is 1. The molecule has 0 radical (unpaired) electrons. The van der Waals surface area contributed by atoms with Gasteiger partial charge in [-0.15, -0.1) is 0 Å². The Hall–Kier alpha value is -3.99. The highest BCUT2D eigenvalue weighted by molar-refractivity contribution is 6.39. The molecule has 8 heteroatoms. The minimum Gasteiger partial charge on any atom is -0.398 e. The van der Waals surface area contributed by atoms with Crippen LogP contribution >= 0.6 is 0 Å². The number of pyridine rings is 2. The minimum atomic E-state index is -0.861. The van der Waals surface area contributed by atoms with Crippen molar-refractivity contribution < 1.29 is 9.59 Å². The molecule has 0 aliphatic carbocycles. The highest BCUT2D eigenvalue weighted by atomic mass is 16.2. The smallest absolute Gasteiger partial charge is 0.314 e. The van der Waals surface area contributed by atoms with Gasteiger partial charge in [0.25, 0.3) is 0 Å². The minimum absolute atomic E-state index is 0.0794. The van der Waals surface area contributed by atoms with Crippen molar-refractivity contribution in [3.8, 4) is 17.2 Å². The second-order valence-electron chi connectivity index (χ2n) is 7.67. The molecule has 0 aliphatic heterocycles. The van der Waals surface area contributed by atoms with Crippen molar-refractivity contribution >= 4 is 34.1 Å². The molecule has 3 aromatic rings. The Balaban J connectivity index is 1.88. The van der Waals surface area contributed by atoms with E-state index in [1.54, 1.807) is 38.5 Å². The number of nitrogen functional groups attached to an aromatic ring is 1. The summed E-state index contributed by atoms with van der Waals surface area (Å²) in [4.78, 5) is 32.8. The van der Waals surface area contributed by atoms with Crippen LogP contribution in [-0.4, -0.2) is 27.3 Å². The highest BCUT2D eigenvalue weighted by Crippen LogP contribution is 2.31. The summed E-state index contributed by atoms with van der Waals surface area (Å²) in [5.74, 6) is -1.48. The predicted molar refractivity (Wildman–Crippen MR) is 115 cm³/mol. The maximum atomic E-state index is 12.3. The van der Waals surface area contributed by atoms with E-state index in [1.807, 2.05) is 31.2 Å². The fourth-order valence-electron chi connectivity index (χ4n) is 3.06. The first kappa shape index (κ1) is 20.7. The number of rotatable bonds is 4. The van der Waals surface area contributed by atoms with Crippen LogP contribution in [0.3, 0.4) is 0 Å². The summed E-state index contributed by atoms with van der Waals surface area (Å²) in [5.41, 5.74) is 8.84. The second-order valence-corrected chi connectivity index (χ2v) is 7.67. The Morgan fingerprint density at radius 1 is 1.20 bits per heavy atom. The van der Waals surface area contributed by atoms with Crippen molar-refractivity contribution in [1.82, 2.24) is 15.3 Å². The Morgan fingerprint density at radius 3 is 2.67 bits per heavy atom. The van der Waals surface area contributed by atoms with Crippen molar-refractivity contribution in [2.45, 2.75) is 32.7 Å². The fourth-order valence-corrected chi connectivity index (χ4v) is 3.06. The third kappa shape index (κ3) is 4.52. The summed E-state index contributed by atoms with van der Waals surface area (Å²) >= 11 is 0. The number of nitrogens with zero attached hydrogens (tertiary/aromatic N) is 3. The average molecular weight is 402 g/mol. The lowest BCUT2D eigenvalue weighted by atomic mass is 9.99. The van der Waals surface area contributed by atoms with Crippen LogP contribution in [0, 0.1) is 18.3 Å². The van der Waals surface area contributed by atoms with Gasteiger partial charge >= 0.3 is 11.8 Å². The van der Waals surface area contributed by atoms with Crippen molar-refractivity contribution in [2.75, 3.05) is 11.1 Å². The number of nitriles is 1. The lowest BCUT2D eigenvalue weighted by Crippen LogP contribution is -2.47. The summed E-state index contributed by atoms with van der Waals surface area (Å²) in [6.07, 6.45) is 5.13. The summed E-state index contributed by atoms with van der Waals surface area (Å²) < 4.78 is 0. The first-order valence-corrected chi connectivity index (χ1v) is 9.31. The van der Waals surface area contributed by atoms with E-state index < -0.39 is 17.4 Å². The van der Waals surface area contributed by atoms with Crippen LogP contribution in [0.4, 0.5) is 11.5 Å². The Bertz CT molecular complexity index is 1180. The molecule has 8 nitrogen and oxygen atoms in total. The first-order chi connectivity index (χ1) is 14.2. The molecule has 4 N–H and O–H groups in total. The number of carbonyl (C=O) groups is 2. The Labute approximate surface area is 174 Å². The number of hydrogen-bond donors (Lipinski definition) is 3. The zero-order valence-electron chi connectivity index (χ0n) is 17.0. The van der Waals surface area contributed by atoms with Crippen LogP contribution in [0.2, 0.25) is 0 Å². The van der Waals surface area contributed by atoms with Gasteiger partial charge in [-0.05, 0) is 61.5 Å². The number of aryl methyl sites for hydroxylation is 1. The number of amides is 2. The van der Waals surface area contributed by atoms with E-state index in [9.17, 15) is 9.59 Å². The molecule has 2 heterocycles. The monoisotopic (exact) mass is 402 g/mol. The van der Waals surface area contributed by atoms with Gasteiger partial charge in [0.1, 0.15) is 5.82 Å². The molecular weight excluding hydrogens is 380 g/mol. The molecular formula is C22H22N6O2. The van der Waals surface area contributed by atoms with Crippen molar-refractivity contribution in [3.05, 3.63) is 48.4 Å². The number of fused-ring (bicyclic) bond motifs is 1. The van der Waals surface area contributed by atoms with Crippen LogP contribution in [0.5, 0.6) is 0 Å². The largest absolute Gasteiger partial charge is 0.398 e. The molecule has 2 amide bonds. The summed E-state index contributed by atoms with van der Waals surface area (Å²) in [6, 6.07) is 9.34. The van der Waals surface area contributed by atoms with E-state index in [0.717, 1.165) is 27.5 Å². The maximum absolute atomic E-state index is 12.3. The normalized spacial score (nSPS) is 11.0. The van der Waals surface area contributed by atoms with Gasteiger partial charge in [0.2, 0.25) is 0 Å². The number of hydrogen-bond acceptors (Lipinski definition) is 6. The molecule has 0 atom stereocenters. The van der Waals surface area contributed by atoms with Crippen LogP contribution < -0.4 is 16.4 Å². The SMILES string of the molecule is Cc1ccncc1-c1cc(N)c2cnc(NC(=O)C(=O)NC(C)(C)CC#N)cc2c1. The summed E-state index contributed by atoms with van der Waals surface area (Å²) in [6.45, 7) is 5.32. The molecule has 0 fully saturated rings. The quantitative estimate of drug-likeness (QED) is 0.454. The van der Waals surface area contributed by atoms with Crippen molar-refractivity contribution in [2.24, 2.45) is 0 Å². The molecule has 1 aromatic carbocycles. The fraction of sp³-hybridized carbons (Fsp3) is 0.227. The third-order valence-electron chi connectivity index (χ3n) is 4.64. The average Bonchev–Trinajstić information content (AvgIpc) is 2.67. The third-order valence-corrected chi connectivity index (χ3v) is 4.64. The number of carbonyl (C=O) groups excluding carboxylic acids is 2. The molecule has 2 aromatic heterocycles. The molecule has 0 spiro atoms. The zero-order valence-corrected chi connectivity index (χ0v) is 17.0. The van der Waals surface area contributed by atoms with Crippen molar-refractivity contribution in [3.63, 3.8) is 0 Å². The van der Waals surface area contributed by atoms with Crippen LogP contribution in [0.25, 0.3) is 21.9 Å². The molecule has 0 saturated carbocycles. The predicted octanol–water partition coefficient (Wildman–Crippen LogP) is 2.93. The van der Waals surface area contributed by atoms with Gasteiger partial charge in [0.15, 0.2) is 0 Å². The summed E-state index contributed by atoms with van der Waals surface area (Å²) in [5, 5.41) is 15.3. The molecule has 0 unspecified atom stereocenters. The van der Waals surface area contributed by atoms with E-state index >= 15 is 0 Å². The van der Waals surface area contributed by atoms with Gasteiger partial charge < -0.3 is 16.4 Å². The van der Waals surface area contributed by atoms with Gasteiger partial charge in [-0.2, -0.15) is 5.26 Å². The molecule has 152 valence electrons. The van der Waals surface area contributed by atoms with Crippen molar-refractivity contribution in [1.29, 1.82) is 5.26 Å². The molecule has 0 saturated heterocycles. The highest BCUT2D eigenvalue weighted by Gasteiger charge is 2.24. The van der Waals surface area contributed by atoms with Crippen LogP contribution in [0.15, 0.2) is 42.9 Å². The van der Waals surface area contributed by atoms with Gasteiger partial charge in [0.05, 0.1) is 12.5 Å². The number of nitrogens with two attached hydrogens (primary N) is 1. The zero-order chi connectivity index (χ0) is 21.9. The lowest BCUT2D eigenvalue weighted by Gasteiger charge is -2.22. The standard InChI is InChI=1S/C22H22N6O2/c1-13-4-7-25-11-16(13)14-8-15-10-19(26-12-17(15)18(24)9-14)27-20(29)21(30)28-22(2,3)5-6-23/h4,7-12H,5,24H2,1-3H3,(H,28,30)(H,26,27,29). The molecule has 0 bridgehead atoms. The van der Waals surface area contributed by atoms with Gasteiger partial charge in [0, 0.05) is 40.8 Å². The maximum Gasteiger partial charge on any atom is 0.314 e. The first-order valence-electron chi connectivity index (χ1n) is 9.31. The number of anilines is 2. The van der Waals surface area contributed by atoms with E-state index in [0.29, 0.717) is 5.69 Å². The van der Waals surface area contributed by atoms with Gasteiger partial charge in [-0.1, -0.05) is 0 Å². The van der Waals surface area contributed by atoms with E-state index in [1.165, 1.54) is 0 Å². The second kappa shape index (κ2) is 8.17. The van der Waals surface area contributed by atoms with E-state index in [4.69, 9.17) is 11.0 Å². The molecule has 30 heavy (non-hydrogen) atoms. The summed E-state index contributed by atoms with van der Waals surface area (Å²) in [7, 11) is 0. The Morgan fingerprint density at radius 2 is 1.97 bits per heavy atom. The molecule has 3 rings (SSSR count). The van der Waals surface area contributed by atoms with Gasteiger partial charge in [-0.3, -0.25) is 14.6 Å². The van der Waals surface area contributed by atoms with E-state index in [2.05, 4.69) is 20.6 Å². The lowest BCUT2D eigenvalue weighted by molar-refractivity contribution is -0.137. The Kier molecular flexibility index (Phi) is 5.65. The van der Waals surface area contributed by atoms with Gasteiger partial charge in [-0.25, -0.2) is 4.98 Å². The number of aromatic nitrogens is 2. The van der Waals surface area contributed by atoms with Crippen LogP contribution in [0.1, 0.15) is 25.8 Å². The number of nitrogens with one attached hydrogen (secondary N) is 2.